The number of aromatic nitrogens is 1. The smallest absolute Gasteiger partial charge is 0.243 e. The number of hydrogen-bond acceptors (Lipinski definition) is 4. The Hall–Kier alpha value is -2.51. The number of benzene rings is 2. The molecule has 4 rings (SSSR count). The van der Waals surface area contributed by atoms with E-state index in [1.165, 1.54) is 16.4 Å². The van der Waals surface area contributed by atoms with E-state index in [0.717, 1.165) is 29.5 Å². The van der Waals surface area contributed by atoms with Gasteiger partial charge in [-0.1, -0.05) is 0 Å². The Labute approximate surface area is 157 Å². The number of pyridine rings is 1. The van der Waals surface area contributed by atoms with Crippen LogP contribution in [0.3, 0.4) is 0 Å². The van der Waals surface area contributed by atoms with Gasteiger partial charge >= 0.3 is 0 Å². The maximum atomic E-state index is 13.2. The molecule has 140 valence electrons. The monoisotopic (exact) mass is 385 g/mol. The fourth-order valence-electron chi connectivity index (χ4n) is 3.32. The van der Waals surface area contributed by atoms with Crippen LogP contribution in [0.1, 0.15) is 18.4 Å². The van der Waals surface area contributed by atoms with Crippen molar-refractivity contribution in [2.45, 2.75) is 24.7 Å². The van der Waals surface area contributed by atoms with E-state index < -0.39 is 10.0 Å². The Morgan fingerprint density at radius 1 is 1.04 bits per heavy atom. The summed E-state index contributed by atoms with van der Waals surface area (Å²) in [5.74, 6) is 0.337. The molecule has 0 unspecified atom stereocenters. The second kappa shape index (κ2) is 6.90. The molecule has 1 aliphatic rings. The number of nitrogens with zero attached hydrogens (tertiary/aromatic N) is 2. The number of rotatable bonds is 4. The highest BCUT2D eigenvalue weighted by molar-refractivity contribution is 7.89. The van der Waals surface area contributed by atoms with E-state index in [1.807, 2.05) is 13.0 Å². The van der Waals surface area contributed by atoms with Gasteiger partial charge in [0.2, 0.25) is 10.0 Å². The van der Waals surface area contributed by atoms with E-state index in [9.17, 15) is 12.8 Å². The molecule has 0 saturated carbocycles. The zero-order valence-corrected chi connectivity index (χ0v) is 15.8. The van der Waals surface area contributed by atoms with Crippen molar-refractivity contribution in [2.75, 3.05) is 18.4 Å². The first-order valence-corrected chi connectivity index (χ1v) is 10.3. The minimum Gasteiger partial charge on any atom is -0.340 e. The van der Waals surface area contributed by atoms with E-state index in [1.54, 1.807) is 30.3 Å². The Bertz CT molecular complexity index is 1110. The normalized spacial score (nSPS) is 15.3. The van der Waals surface area contributed by atoms with Crippen molar-refractivity contribution in [2.24, 2.45) is 0 Å². The Morgan fingerprint density at radius 3 is 2.56 bits per heavy atom. The SMILES string of the molecule is Cc1cc(F)ccc1Nc1ccc2cc(S(=O)(=O)N3CCCC3)ccc2n1. The largest absolute Gasteiger partial charge is 0.340 e. The molecular formula is C20H20FN3O2S. The summed E-state index contributed by atoms with van der Waals surface area (Å²) in [5.41, 5.74) is 2.25. The lowest BCUT2D eigenvalue weighted by molar-refractivity contribution is 0.477. The summed E-state index contributed by atoms with van der Waals surface area (Å²) in [7, 11) is -3.44. The van der Waals surface area contributed by atoms with Gasteiger partial charge in [-0.2, -0.15) is 4.31 Å². The number of halogens is 1. The van der Waals surface area contributed by atoms with E-state index in [0.29, 0.717) is 29.3 Å². The van der Waals surface area contributed by atoms with Crippen LogP contribution in [0.4, 0.5) is 15.9 Å². The predicted molar refractivity (Wildman–Crippen MR) is 104 cm³/mol. The fraction of sp³-hybridized carbons (Fsp3) is 0.250. The molecule has 1 fully saturated rings. The first-order chi connectivity index (χ1) is 12.9. The molecule has 2 heterocycles. The predicted octanol–water partition coefficient (Wildman–Crippen LogP) is 4.21. The van der Waals surface area contributed by atoms with Crippen LogP contribution in [0.5, 0.6) is 0 Å². The van der Waals surface area contributed by atoms with Crippen LogP contribution >= 0.6 is 0 Å². The summed E-state index contributed by atoms with van der Waals surface area (Å²) < 4.78 is 40.2. The summed E-state index contributed by atoms with van der Waals surface area (Å²) in [6.07, 6.45) is 1.82. The van der Waals surface area contributed by atoms with Gasteiger partial charge in [-0.25, -0.2) is 17.8 Å². The van der Waals surface area contributed by atoms with Gasteiger partial charge in [0.05, 0.1) is 10.4 Å². The van der Waals surface area contributed by atoms with Crippen LogP contribution in [-0.2, 0) is 10.0 Å². The quantitative estimate of drug-likeness (QED) is 0.731. The first-order valence-electron chi connectivity index (χ1n) is 8.88. The average Bonchev–Trinajstić information content (AvgIpc) is 3.19. The van der Waals surface area contributed by atoms with E-state index >= 15 is 0 Å². The van der Waals surface area contributed by atoms with E-state index in [2.05, 4.69) is 10.3 Å². The third kappa shape index (κ3) is 3.52. The van der Waals surface area contributed by atoms with Crippen molar-refractivity contribution in [3.63, 3.8) is 0 Å². The zero-order chi connectivity index (χ0) is 19.0. The Balaban J connectivity index is 1.64. The molecule has 5 nitrogen and oxygen atoms in total. The molecule has 0 radical (unpaired) electrons. The van der Waals surface area contributed by atoms with Gasteiger partial charge in [0.15, 0.2) is 0 Å². The Kier molecular flexibility index (Phi) is 4.57. The van der Waals surface area contributed by atoms with Crippen LogP contribution in [0.15, 0.2) is 53.4 Å². The van der Waals surface area contributed by atoms with Crippen LogP contribution in [0, 0.1) is 12.7 Å². The molecule has 0 bridgehead atoms. The highest BCUT2D eigenvalue weighted by Gasteiger charge is 2.27. The van der Waals surface area contributed by atoms with Gasteiger partial charge in [0.1, 0.15) is 11.6 Å². The summed E-state index contributed by atoms with van der Waals surface area (Å²) in [6, 6.07) is 13.1. The zero-order valence-electron chi connectivity index (χ0n) is 14.9. The average molecular weight is 385 g/mol. The molecule has 0 atom stereocenters. The van der Waals surface area contributed by atoms with Gasteiger partial charge < -0.3 is 5.32 Å². The van der Waals surface area contributed by atoms with E-state index in [4.69, 9.17) is 0 Å². The van der Waals surface area contributed by atoms with Crippen LogP contribution in [0.25, 0.3) is 10.9 Å². The van der Waals surface area contributed by atoms with Crippen molar-refractivity contribution in [1.29, 1.82) is 0 Å². The minimum atomic E-state index is -3.44. The molecule has 1 saturated heterocycles. The van der Waals surface area contributed by atoms with E-state index in [-0.39, 0.29) is 5.82 Å². The number of anilines is 2. The highest BCUT2D eigenvalue weighted by Crippen LogP contribution is 2.26. The lowest BCUT2D eigenvalue weighted by Crippen LogP contribution is -2.27. The van der Waals surface area contributed by atoms with Crippen molar-refractivity contribution < 1.29 is 12.8 Å². The van der Waals surface area contributed by atoms with Crippen molar-refractivity contribution in [3.05, 3.63) is 59.9 Å². The molecular weight excluding hydrogens is 365 g/mol. The van der Waals surface area contributed by atoms with Crippen molar-refractivity contribution in [1.82, 2.24) is 9.29 Å². The molecule has 1 aliphatic heterocycles. The molecule has 0 amide bonds. The lowest BCUT2D eigenvalue weighted by Gasteiger charge is -2.16. The molecule has 7 heteroatoms. The second-order valence-corrected chi connectivity index (χ2v) is 8.68. The topological polar surface area (TPSA) is 62.3 Å². The molecule has 1 aromatic heterocycles. The number of fused-ring (bicyclic) bond motifs is 1. The van der Waals surface area contributed by atoms with Gasteiger partial charge in [0, 0.05) is 24.2 Å². The molecule has 27 heavy (non-hydrogen) atoms. The summed E-state index contributed by atoms with van der Waals surface area (Å²) >= 11 is 0. The summed E-state index contributed by atoms with van der Waals surface area (Å²) in [4.78, 5) is 4.84. The fourth-order valence-corrected chi connectivity index (χ4v) is 4.87. The van der Waals surface area contributed by atoms with Gasteiger partial charge in [-0.05, 0) is 73.9 Å². The molecule has 1 N–H and O–H groups in total. The lowest BCUT2D eigenvalue weighted by atomic mass is 10.2. The number of hydrogen-bond donors (Lipinski definition) is 1. The summed E-state index contributed by atoms with van der Waals surface area (Å²) in [5, 5.41) is 3.94. The molecule has 0 aliphatic carbocycles. The van der Waals surface area contributed by atoms with Crippen LogP contribution in [-0.4, -0.2) is 30.8 Å². The minimum absolute atomic E-state index is 0.281. The number of nitrogens with one attached hydrogen (secondary N) is 1. The summed E-state index contributed by atoms with van der Waals surface area (Å²) in [6.45, 7) is 2.99. The van der Waals surface area contributed by atoms with Crippen LogP contribution in [0.2, 0.25) is 0 Å². The maximum absolute atomic E-state index is 13.2. The highest BCUT2D eigenvalue weighted by atomic mass is 32.2. The Morgan fingerprint density at radius 2 is 1.81 bits per heavy atom. The van der Waals surface area contributed by atoms with Gasteiger partial charge in [-0.3, -0.25) is 0 Å². The maximum Gasteiger partial charge on any atom is 0.243 e. The molecule has 3 aromatic rings. The van der Waals surface area contributed by atoms with Crippen molar-refractivity contribution in [3.8, 4) is 0 Å². The first kappa shape index (κ1) is 17.9. The number of sulfonamides is 1. The third-order valence-electron chi connectivity index (χ3n) is 4.81. The third-order valence-corrected chi connectivity index (χ3v) is 6.71. The molecule has 2 aromatic carbocycles. The standard InChI is InChI=1S/C20H20FN3O2S/c1-14-12-16(21)5-7-18(14)22-20-9-4-15-13-17(6-8-19(15)23-20)27(25,26)24-10-2-3-11-24/h4-9,12-13H,2-3,10-11H2,1H3,(H,22,23). The van der Waals surface area contributed by atoms with Gasteiger partial charge in [0.25, 0.3) is 0 Å². The molecule has 0 spiro atoms. The van der Waals surface area contributed by atoms with Crippen LogP contribution < -0.4 is 5.32 Å². The number of aryl methyl sites for hydroxylation is 1. The second-order valence-electron chi connectivity index (χ2n) is 6.75. The van der Waals surface area contributed by atoms with Crippen molar-refractivity contribution >= 4 is 32.4 Å². The van der Waals surface area contributed by atoms with Gasteiger partial charge in [-0.15, -0.1) is 0 Å².